The Hall–Kier alpha value is -2.25. The standard InChI is InChI=1S/C18H16BrFN4O/c19-15-5-6-16-14(17(15)20)11-21-18(23-16)22-12-1-3-13(4-2-12)24-7-9-25-10-8-24/h1-6,11H,7-10H2,(H,21,22,23). The molecule has 128 valence electrons. The van der Waals surface area contributed by atoms with Crippen LogP contribution in [0.15, 0.2) is 47.1 Å². The molecule has 0 amide bonds. The SMILES string of the molecule is Fc1c(Br)ccc2nc(Nc3ccc(N4CCOCC4)cc3)ncc12. The zero-order valence-electron chi connectivity index (χ0n) is 13.4. The smallest absolute Gasteiger partial charge is 0.227 e. The van der Waals surface area contributed by atoms with Crippen LogP contribution >= 0.6 is 15.9 Å². The van der Waals surface area contributed by atoms with Crippen molar-refractivity contribution in [2.45, 2.75) is 0 Å². The Balaban J connectivity index is 1.53. The summed E-state index contributed by atoms with van der Waals surface area (Å²) in [4.78, 5) is 10.9. The summed E-state index contributed by atoms with van der Waals surface area (Å²) in [6, 6.07) is 11.5. The van der Waals surface area contributed by atoms with Gasteiger partial charge in [0, 0.05) is 30.7 Å². The predicted molar refractivity (Wildman–Crippen MR) is 100.0 cm³/mol. The summed E-state index contributed by atoms with van der Waals surface area (Å²) in [6.07, 6.45) is 1.49. The Morgan fingerprint density at radius 1 is 1.08 bits per heavy atom. The number of morpholine rings is 1. The van der Waals surface area contributed by atoms with Crippen molar-refractivity contribution in [1.82, 2.24) is 9.97 Å². The Morgan fingerprint density at radius 2 is 1.84 bits per heavy atom. The summed E-state index contributed by atoms with van der Waals surface area (Å²) in [5, 5.41) is 3.55. The van der Waals surface area contributed by atoms with Crippen molar-refractivity contribution < 1.29 is 9.13 Å². The summed E-state index contributed by atoms with van der Waals surface area (Å²) in [7, 11) is 0. The maximum atomic E-state index is 14.0. The number of rotatable bonds is 3. The summed E-state index contributed by atoms with van der Waals surface area (Å²) in [6.45, 7) is 3.33. The quantitative estimate of drug-likeness (QED) is 0.714. The zero-order valence-corrected chi connectivity index (χ0v) is 15.0. The first-order valence-electron chi connectivity index (χ1n) is 8.01. The van der Waals surface area contributed by atoms with Gasteiger partial charge in [0.1, 0.15) is 5.82 Å². The molecule has 4 rings (SSSR count). The van der Waals surface area contributed by atoms with Crippen LogP contribution in [-0.2, 0) is 4.74 Å². The van der Waals surface area contributed by atoms with Crippen LogP contribution in [0.2, 0.25) is 0 Å². The first-order valence-corrected chi connectivity index (χ1v) is 8.80. The van der Waals surface area contributed by atoms with Gasteiger partial charge in [-0.05, 0) is 52.3 Å². The van der Waals surface area contributed by atoms with Gasteiger partial charge in [0.15, 0.2) is 0 Å². The lowest BCUT2D eigenvalue weighted by molar-refractivity contribution is 0.122. The van der Waals surface area contributed by atoms with Crippen LogP contribution in [0.4, 0.5) is 21.7 Å². The van der Waals surface area contributed by atoms with Gasteiger partial charge in [-0.2, -0.15) is 0 Å². The Kier molecular flexibility index (Phi) is 4.50. The average Bonchev–Trinajstić information content (AvgIpc) is 2.66. The minimum absolute atomic E-state index is 0.348. The van der Waals surface area contributed by atoms with Crippen LogP contribution in [0.3, 0.4) is 0 Å². The van der Waals surface area contributed by atoms with Crippen molar-refractivity contribution in [3.63, 3.8) is 0 Å². The van der Waals surface area contributed by atoms with E-state index >= 15 is 0 Å². The first-order chi connectivity index (χ1) is 12.2. The van der Waals surface area contributed by atoms with Gasteiger partial charge in [0.25, 0.3) is 0 Å². The second-order valence-electron chi connectivity index (χ2n) is 5.76. The summed E-state index contributed by atoms with van der Waals surface area (Å²) in [5.74, 6) is 0.0901. The molecule has 0 bridgehead atoms. The lowest BCUT2D eigenvalue weighted by atomic mass is 10.2. The zero-order chi connectivity index (χ0) is 17.2. The van der Waals surface area contributed by atoms with Gasteiger partial charge in [0.05, 0.1) is 28.6 Å². The molecule has 1 N–H and O–H groups in total. The molecule has 7 heteroatoms. The number of fused-ring (bicyclic) bond motifs is 1. The van der Waals surface area contributed by atoms with Crippen molar-refractivity contribution in [3.8, 4) is 0 Å². The highest BCUT2D eigenvalue weighted by molar-refractivity contribution is 9.10. The van der Waals surface area contributed by atoms with E-state index in [4.69, 9.17) is 4.74 Å². The topological polar surface area (TPSA) is 50.3 Å². The molecule has 0 aliphatic carbocycles. The summed E-state index contributed by atoms with van der Waals surface area (Å²) >= 11 is 3.17. The number of nitrogens with zero attached hydrogens (tertiary/aromatic N) is 3. The van der Waals surface area contributed by atoms with E-state index in [1.807, 2.05) is 12.1 Å². The minimum atomic E-state index is -0.348. The molecule has 2 aromatic carbocycles. The van der Waals surface area contributed by atoms with Crippen LogP contribution in [0.1, 0.15) is 0 Å². The third kappa shape index (κ3) is 3.43. The number of anilines is 3. The van der Waals surface area contributed by atoms with Crippen molar-refractivity contribution in [3.05, 3.63) is 52.9 Å². The Bertz CT molecular complexity index is 897. The second kappa shape index (κ2) is 6.93. The van der Waals surface area contributed by atoms with Crippen molar-refractivity contribution in [1.29, 1.82) is 0 Å². The normalized spacial score (nSPS) is 14.7. The highest BCUT2D eigenvalue weighted by atomic mass is 79.9. The fourth-order valence-corrected chi connectivity index (χ4v) is 3.16. The Labute approximate surface area is 153 Å². The number of hydrogen-bond acceptors (Lipinski definition) is 5. The summed E-state index contributed by atoms with van der Waals surface area (Å²) in [5.41, 5.74) is 2.61. The van der Waals surface area contributed by atoms with Crippen LogP contribution in [0, 0.1) is 5.82 Å². The maximum absolute atomic E-state index is 14.0. The molecule has 0 saturated carbocycles. The van der Waals surface area contributed by atoms with E-state index in [-0.39, 0.29) is 5.82 Å². The largest absolute Gasteiger partial charge is 0.378 e. The predicted octanol–water partition coefficient (Wildman–Crippen LogP) is 4.11. The fourth-order valence-electron chi connectivity index (χ4n) is 2.81. The van der Waals surface area contributed by atoms with Gasteiger partial charge in [0.2, 0.25) is 5.95 Å². The van der Waals surface area contributed by atoms with Gasteiger partial charge in [-0.1, -0.05) is 0 Å². The molecule has 0 atom stereocenters. The fraction of sp³-hybridized carbons (Fsp3) is 0.222. The molecule has 1 saturated heterocycles. The van der Waals surface area contributed by atoms with E-state index in [9.17, 15) is 4.39 Å². The molecule has 5 nitrogen and oxygen atoms in total. The van der Waals surface area contributed by atoms with Crippen LogP contribution in [-0.4, -0.2) is 36.3 Å². The molecule has 1 aliphatic rings. The molecule has 0 spiro atoms. The molecular weight excluding hydrogens is 387 g/mol. The van der Waals surface area contributed by atoms with E-state index < -0.39 is 0 Å². The van der Waals surface area contributed by atoms with Gasteiger partial charge >= 0.3 is 0 Å². The highest BCUT2D eigenvalue weighted by Crippen LogP contribution is 2.25. The van der Waals surface area contributed by atoms with E-state index in [0.717, 1.165) is 32.0 Å². The van der Waals surface area contributed by atoms with Gasteiger partial charge in [-0.15, -0.1) is 0 Å². The minimum Gasteiger partial charge on any atom is -0.378 e. The number of benzene rings is 2. The van der Waals surface area contributed by atoms with Crippen LogP contribution in [0.5, 0.6) is 0 Å². The molecule has 25 heavy (non-hydrogen) atoms. The molecule has 1 aliphatic heterocycles. The molecule has 3 aromatic rings. The third-order valence-electron chi connectivity index (χ3n) is 4.15. The van der Waals surface area contributed by atoms with Crippen molar-refractivity contribution in [2.24, 2.45) is 0 Å². The lowest BCUT2D eigenvalue weighted by Crippen LogP contribution is -2.36. The van der Waals surface area contributed by atoms with Gasteiger partial charge in [-0.25, -0.2) is 14.4 Å². The summed E-state index contributed by atoms with van der Waals surface area (Å²) < 4.78 is 19.8. The van der Waals surface area contributed by atoms with Crippen LogP contribution < -0.4 is 10.2 Å². The first kappa shape index (κ1) is 16.2. The van der Waals surface area contributed by atoms with E-state index in [1.165, 1.54) is 11.9 Å². The average molecular weight is 403 g/mol. The molecule has 1 aromatic heterocycles. The molecular formula is C18H16BrFN4O. The second-order valence-corrected chi connectivity index (χ2v) is 6.61. The van der Waals surface area contributed by atoms with Gasteiger partial charge in [-0.3, -0.25) is 0 Å². The molecule has 2 heterocycles. The number of aromatic nitrogens is 2. The number of halogens is 2. The number of nitrogens with one attached hydrogen (secondary N) is 1. The van der Waals surface area contributed by atoms with Crippen molar-refractivity contribution in [2.75, 3.05) is 36.5 Å². The number of hydrogen-bond donors (Lipinski definition) is 1. The van der Waals surface area contributed by atoms with Crippen molar-refractivity contribution >= 4 is 44.2 Å². The highest BCUT2D eigenvalue weighted by Gasteiger charge is 2.11. The lowest BCUT2D eigenvalue weighted by Gasteiger charge is -2.28. The van der Waals surface area contributed by atoms with E-state index in [2.05, 4.69) is 48.2 Å². The molecule has 1 fully saturated rings. The maximum Gasteiger partial charge on any atom is 0.227 e. The van der Waals surface area contributed by atoms with E-state index in [0.29, 0.717) is 21.3 Å². The Morgan fingerprint density at radius 3 is 2.60 bits per heavy atom. The molecule has 0 unspecified atom stereocenters. The number of ether oxygens (including phenoxy) is 1. The van der Waals surface area contributed by atoms with E-state index in [1.54, 1.807) is 12.1 Å². The van der Waals surface area contributed by atoms with Gasteiger partial charge < -0.3 is 15.0 Å². The molecule has 0 radical (unpaired) electrons. The monoisotopic (exact) mass is 402 g/mol. The third-order valence-corrected chi connectivity index (χ3v) is 4.76. The van der Waals surface area contributed by atoms with Crippen LogP contribution in [0.25, 0.3) is 10.9 Å².